The van der Waals surface area contributed by atoms with Gasteiger partial charge in [-0.05, 0) is 42.7 Å². The van der Waals surface area contributed by atoms with Crippen molar-refractivity contribution in [2.75, 3.05) is 5.73 Å². The number of anilines is 1. The number of pyridine rings is 1. The van der Waals surface area contributed by atoms with Crippen LogP contribution in [0.2, 0.25) is 0 Å². The average Bonchev–Trinajstić information content (AvgIpc) is 3.53. The molecule has 1 aromatic carbocycles. The van der Waals surface area contributed by atoms with Gasteiger partial charge in [-0.15, -0.1) is 0 Å². The van der Waals surface area contributed by atoms with Crippen molar-refractivity contribution in [2.45, 2.75) is 13.0 Å². The van der Waals surface area contributed by atoms with E-state index in [1.807, 2.05) is 37.4 Å². The fraction of sp³-hybridized carbons (Fsp3) is 0.103. The van der Waals surface area contributed by atoms with E-state index in [0.29, 0.717) is 33.8 Å². The van der Waals surface area contributed by atoms with Crippen LogP contribution in [0.3, 0.4) is 0 Å². The second-order valence-electron chi connectivity index (χ2n) is 9.13. The molecule has 0 aliphatic carbocycles. The van der Waals surface area contributed by atoms with E-state index in [-0.39, 0.29) is 17.1 Å². The summed E-state index contributed by atoms with van der Waals surface area (Å²) in [4.78, 5) is 36.5. The maximum atomic E-state index is 14.1. The Hall–Kier alpha value is -5.76. The lowest BCUT2D eigenvalue weighted by molar-refractivity contribution is 0.0933. The molecule has 0 aliphatic heterocycles. The number of amides is 1. The summed E-state index contributed by atoms with van der Waals surface area (Å²) < 4.78 is 4.52. The second-order valence-corrected chi connectivity index (χ2v) is 9.13. The van der Waals surface area contributed by atoms with Crippen LogP contribution >= 0.6 is 0 Å². The van der Waals surface area contributed by atoms with Crippen molar-refractivity contribution < 1.29 is 4.79 Å². The van der Waals surface area contributed by atoms with Gasteiger partial charge in [0.2, 0.25) is 0 Å². The van der Waals surface area contributed by atoms with Crippen molar-refractivity contribution in [3.8, 4) is 23.0 Å². The molecular formula is C29H23N9O2. The lowest BCUT2D eigenvalue weighted by atomic mass is 10.0. The van der Waals surface area contributed by atoms with E-state index in [0.717, 1.165) is 5.56 Å². The highest BCUT2D eigenvalue weighted by Gasteiger charge is 2.25. The molecule has 5 aromatic heterocycles. The molecule has 0 bridgehead atoms. The molecule has 0 fully saturated rings. The number of benzene rings is 1. The first-order valence-electron chi connectivity index (χ1n) is 12.4. The number of imidazole rings is 1. The van der Waals surface area contributed by atoms with Crippen LogP contribution in [0.4, 0.5) is 5.82 Å². The smallest absolute Gasteiger partial charge is 0.274 e. The minimum absolute atomic E-state index is 0.0510. The number of aromatic nitrogens is 7. The molecule has 6 rings (SSSR count). The van der Waals surface area contributed by atoms with Gasteiger partial charge >= 0.3 is 0 Å². The summed E-state index contributed by atoms with van der Waals surface area (Å²) >= 11 is 0. The molecule has 0 radical (unpaired) electrons. The number of nitrogens with one attached hydrogen (secondary N) is 1. The third-order valence-corrected chi connectivity index (χ3v) is 6.37. The van der Waals surface area contributed by atoms with Crippen LogP contribution in [0, 0.1) is 11.8 Å². The van der Waals surface area contributed by atoms with E-state index in [4.69, 9.17) is 10.7 Å². The lowest BCUT2D eigenvalue weighted by Gasteiger charge is -2.18. The average molecular weight is 530 g/mol. The molecule has 0 spiro atoms. The Morgan fingerprint density at radius 2 is 1.77 bits per heavy atom. The molecule has 196 valence electrons. The summed E-state index contributed by atoms with van der Waals surface area (Å²) in [5.74, 6) is 5.69. The topological polar surface area (TPSA) is 138 Å². The van der Waals surface area contributed by atoms with Crippen LogP contribution in [0.25, 0.3) is 22.4 Å². The summed E-state index contributed by atoms with van der Waals surface area (Å²) in [7, 11) is 1.81. The van der Waals surface area contributed by atoms with Crippen molar-refractivity contribution in [2.24, 2.45) is 7.05 Å². The molecule has 11 heteroatoms. The molecule has 0 saturated heterocycles. The van der Waals surface area contributed by atoms with Crippen molar-refractivity contribution in [1.29, 1.82) is 0 Å². The number of carbonyl (C=O) groups excluding carboxylic acids is 1. The third kappa shape index (κ3) is 4.33. The maximum Gasteiger partial charge on any atom is 0.274 e. The highest BCUT2D eigenvalue weighted by atomic mass is 16.2. The Morgan fingerprint density at radius 3 is 2.55 bits per heavy atom. The quantitative estimate of drug-likeness (QED) is 0.335. The lowest BCUT2D eigenvalue weighted by Crippen LogP contribution is -2.32. The zero-order valence-electron chi connectivity index (χ0n) is 21.6. The van der Waals surface area contributed by atoms with Gasteiger partial charge in [0, 0.05) is 19.4 Å². The van der Waals surface area contributed by atoms with Crippen LogP contribution in [0.1, 0.15) is 40.4 Å². The van der Waals surface area contributed by atoms with E-state index in [1.165, 1.54) is 8.92 Å². The molecular weight excluding hydrogens is 506 g/mol. The van der Waals surface area contributed by atoms with Gasteiger partial charge in [-0.3, -0.25) is 18.7 Å². The summed E-state index contributed by atoms with van der Waals surface area (Å²) in [5.41, 5.74) is 9.32. The Labute approximate surface area is 227 Å². The summed E-state index contributed by atoms with van der Waals surface area (Å²) in [6.07, 6.45) is 4.99. The highest BCUT2D eigenvalue weighted by Crippen LogP contribution is 2.25. The van der Waals surface area contributed by atoms with Crippen LogP contribution < -0.4 is 16.6 Å². The largest absolute Gasteiger partial charge is 0.382 e. The van der Waals surface area contributed by atoms with Gasteiger partial charge < -0.3 is 11.1 Å². The predicted molar refractivity (Wildman–Crippen MR) is 149 cm³/mol. The Bertz CT molecular complexity index is 2030. The molecule has 11 nitrogen and oxygen atoms in total. The van der Waals surface area contributed by atoms with E-state index >= 15 is 0 Å². The Morgan fingerprint density at radius 1 is 0.975 bits per heavy atom. The minimum Gasteiger partial charge on any atom is -0.382 e. The van der Waals surface area contributed by atoms with E-state index in [1.54, 1.807) is 60.5 Å². The van der Waals surface area contributed by atoms with E-state index in [2.05, 4.69) is 32.3 Å². The summed E-state index contributed by atoms with van der Waals surface area (Å²) in [5, 5.41) is 11.3. The van der Waals surface area contributed by atoms with Gasteiger partial charge in [0.25, 0.3) is 11.5 Å². The highest BCUT2D eigenvalue weighted by molar-refractivity contribution is 5.98. The number of carbonyl (C=O) groups is 1. The van der Waals surface area contributed by atoms with Gasteiger partial charge in [0.1, 0.15) is 11.3 Å². The number of aryl methyl sites for hydroxylation is 1. The molecule has 1 atom stereocenters. The van der Waals surface area contributed by atoms with E-state index in [9.17, 15) is 9.59 Å². The summed E-state index contributed by atoms with van der Waals surface area (Å²) in [6.45, 7) is 1.77. The molecule has 6 aromatic rings. The van der Waals surface area contributed by atoms with Crippen LogP contribution in [0.5, 0.6) is 0 Å². The van der Waals surface area contributed by atoms with Gasteiger partial charge in [-0.2, -0.15) is 10.2 Å². The van der Waals surface area contributed by atoms with Gasteiger partial charge in [-0.25, -0.2) is 14.5 Å². The van der Waals surface area contributed by atoms with Crippen molar-refractivity contribution in [3.05, 3.63) is 112 Å². The predicted octanol–water partition coefficient (Wildman–Crippen LogP) is 2.61. The van der Waals surface area contributed by atoms with Crippen molar-refractivity contribution in [1.82, 2.24) is 39.1 Å². The maximum absolute atomic E-state index is 14.1. The van der Waals surface area contributed by atoms with Crippen molar-refractivity contribution >= 4 is 23.0 Å². The molecule has 0 aliphatic rings. The second kappa shape index (κ2) is 9.85. The Kier molecular flexibility index (Phi) is 6.05. The monoisotopic (exact) mass is 529 g/mol. The van der Waals surface area contributed by atoms with Crippen molar-refractivity contribution in [3.63, 3.8) is 0 Å². The zero-order chi connectivity index (χ0) is 27.8. The van der Waals surface area contributed by atoms with Crippen LogP contribution in [0.15, 0.2) is 84.0 Å². The van der Waals surface area contributed by atoms with Crippen LogP contribution in [-0.2, 0) is 7.05 Å². The van der Waals surface area contributed by atoms with Crippen LogP contribution in [-0.4, -0.2) is 39.7 Å². The number of hydrogen-bond donors (Lipinski definition) is 2. The number of rotatable bonds is 4. The van der Waals surface area contributed by atoms with Gasteiger partial charge in [0.05, 0.1) is 29.1 Å². The molecule has 5 heterocycles. The number of hydrogen-bond acceptors (Lipinski definition) is 7. The fourth-order valence-corrected chi connectivity index (χ4v) is 4.56. The fourth-order valence-electron chi connectivity index (χ4n) is 4.56. The molecule has 0 saturated carbocycles. The van der Waals surface area contributed by atoms with E-state index < -0.39 is 11.9 Å². The summed E-state index contributed by atoms with van der Waals surface area (Å²) in [6, 6.07) is 17.2. The minimum atomic E-state index is -0.667. The molecule has 40 heavy (non-hydrogen) atoms. The van der Waals surface area contributed by atoms with Gasteiger partial charge in [0.15, 0.2) is 17.2 Å². The number of fused-ring (bicyclic) bond motifs is 2. The normalized spacial score (nSPS) is 11.8. The first-order valence-corrected chi connectivity index (χ1v) is 12.4. The van der Waals surface area contributed by atoms with Gasteiger partial charge in [-0.1, -0.05) is 42.3 Å². The zero-order valence-corrected chi connectivity index (χ0v) is 21.6. The first-order chi connectivity index (χ1) is 19.4. The standard InChI is InChI=1S/C29H23N9O2/c1-18(33-28(39)26-27(30)35-23-12-7-15-31-38(23)26)25-24(20-8-4-3-5-9-20)29(40)37-21(10-6-11-22(37)34-25)14-13-19-16-32-36(2)17-19/h3-12,15-18H,30H2,1-2H3,(H,33,39). The molecule has 3 N–H and O–H groups in total. The molecule has 1 unspecified atom stereocenters. The SMILES string of the molecule is CC(NC(=O)c1c(N)nc2cccnn12)c1nc2cccc(C#Cc3cnn(C)c3)n2c(=O)c1-c1ccccc1. The molecule has 1 amide bonds. The first kappa shape index (κ1) is 24.6. The number of nitrogen functional groups attached to an aromatic ring is 1. The third-order valence-electron chi connectivity index (χ3n) is 6.37. The number of nitrogens with two attached hydrogens (primary N) is 1. The number of nitrogens with zero attached hydrogens (tertiary/aromatic N) is 7. The Balaban J connectivity index is 1.48.